The normalized spacial score (nSPS) is 12.0. The van der Waals surface area contributed by atoms with Crippen molar-refractivity contribution in [3.8, 4) is 0 Å². The first-order valence-corrected chi connectivity index (χ1v) is 11.8. The molecule has 1 aromatic heterocycles. The van der Waals surface area contributed by atoms with Crippen LogP contribution in [0.25, 0.3) is 20.2 Å². The van der Waals surface area contributed by atoms with Gasteiger partial charge in [-0.1, -0.05) is 35.5 Å². The number of benzene rings is 3. The quantitative estimate of drug-likeness (QED) is 0.361. The molecule has 0 amide bonds. The average molecular weight is 452 g/mol. The molecule has 4 rings (SSSR count). The van der Waals surface area contributed by atoms with Crippen LogP contribution in [0.5, 0.6) is 0 Å². The van der Waals surface area contributed by atoms with Gasteiger partial charge in [0.25, 0.3) is 0 Å². The Kier molecular flexibility index (Phi) is 6.46. The molecule has 0 fully saturated rings. The standard InChI is InChI=1S/C25H25NO3S2/c1-16-3-2-4-18(11-16)30-19-6-8-23-21(13-19)24(29)20-12-17(5-7-22(20)31-23)9-10-25(26,14-27)15-28/h2-8,11-13,27-28H,9-10,14-15,26H2,1H3. The lowest BCUT2D eigenvalue weighted by Gasteiger charge is -2.24. The van der Waals surface area contributed by atoms with Gasteiger partial charge in [0.1, 0.15) is 0 Å². The molecule has 6 heteroatoms. The Morgan fingerprint density at radius 1 is 0.935 bits per heavy atom. The van der Waals surface area contributed by atoms with E-state index in [2.05, 4.69) is 31.2 Å². The molecule has 3 aromatic carbocycles. The van der Waals surface area contributed by atoms with E-state index in [9.17, 15) is 15.0 Å². The number of nitrogens with two attached hydrogens (primary N) is 1. The predicted octanol–water partition coefficient (Wildman–Crippen LogP) is 4.49. The summed E-state index contributed by atoms with van der Waals surface area (Å²) in [6.07, 6.45) is 1.02. The molecule has 160 valence electrons. The molecule has 0 aliphatic heterocycles. The van der Waals surface area contributed by atoms with E-state index in [1.165, 1.54) is 5.56 Å². The topological polar surface area (TPSA) is 83.6 Å². The van der Waals surface area contributed by atoms with Crippen LogP contribution in [-0.2, 0) is 6.42 Å². The summed E-state index contributed by atoms with van der Waals surface area (Å²) < 4.78 is 1.92. The minimum absolute atomic E-state index is 0.0284. The summed E-state index contributed by atoms with van der Waals surface area (Å²) >= 11 is 3.26. The van der Waals surface area contributed by atoms with Gasteiger partial charge in [-0.2, -0.15) is 0 Å². The summed E-state index contributed by atoms with van der Waals surface area (Å²) in [7, 11) is 0. The predicted molar refractivity (Wildman–Crippen MR) is 130 cm³/mol. The van der Waals surface area contributed by atoms with E-state index in [4.69, 9.17) is 5.73 Å². The third kappa shape index (κ3) is 4.84. The molecule has 0 saturated heterocycles. The van der Waals surface area contributed by atoms with Gasteiger partial charge in [0, 0.05) is 30.0 Å². The maximum atomic E-state index is 13.3. The molecule has 1 heterocycles. The molecule has 4 aromatic rings. The Hall–Kier alpha value is -2.22. The average Bonchev–Trinajstić information content (AvgIpc) is 2.78. The van der Waals surface area contributed by atoms with Crippen molar-refractivity contribution < 1.29 is 10.2 Å². The van der Waals surface area contributed by atoms with Crippen LogP contribution in [0.15, 0.2) is 75.2 Å². The van der Waals surface area contributed by atoms with E-state index < -0.39 is 5.54 Å². The largest absolute Gasteiger partial charge is 0.394 e. The van der Waals surface area contributed by atoms with Crippen molar-refractivity contribution in [2.75, 3.05) is 13.2 Å². The smallest absolute Gasteiger partial charge is 0.195 e. The van der Waals surface area contributed by atoms with Crippen LogP contribution >= 0.6 is 23.1 Å². The van der Waals surface area contributed by atoms with Crippen LogP contribution in [0.2, 0.25) is 0 Å². The van der Waals surface area contributed by atoms with Crippen LogP contribution in [-0.4, -0.2) is 29.0 Å². The zero-order valence-corrected chi connectivity index (χ0v) is 18.9. The van der Waals surface area contributed by atoms with Crippen LogP contribution in [0.4, 0.5) is 0 Å². The molecule has 0 unspecified atom stereocenters. The summed E-state index contributed by atoms with van der Waals surface area (Å²) in [5.41, 5.74) is 7.18. The number of fused-ring (bicyclic) bond motifs is 2. The van der Waals surface area contributed by atoms with E-state index in [1.54, 1.807) is 23.1 Å². The van der Waals surface area contributed by atoms with Gasteiger partial charge in [-0.15, -0.1) is 11.3 Å². The summed E-state index contributed by atoms with van der Waals surface area (Å²) in [5, 5.41) is 20.2. The first-order chi connectivity index (χ1) is 14.9. The molecule has 31 heavy (non-hydrogen) atoms. The van der Waals surface area contributed by atoms with Crippen molar-refractivity contribution in [2.45, 2.75) is 35.1 Å². The Morgan fingerprint density at radius 3 is 2.32 bits per heavy atom. The number of rotatable bonds is 7. The lowest BCUT2D eigenvalue weighted by molar-refractivity contribution is 0.115. The minimum atomic E-state index is -1.01. The summed E-state index contributed by atoms with van der Waals surface area (Å²) in [5.74, 6) is 0. The first kappa shape index (κ1) is 22.0. The Bertz CT molecular complexity index is 1300. The second-order valence-corrected chi connectivity index (χ2v) is 10.2. The van der Waals surface area contributed by atoms with Crippen molar-refractivity contribution in [3.63, 3.8) is 0 Å². The van der Waals surface area contributed by atoms with Gasteiger partial charge in [0.05, 0.1) is 18.8 Å². The van der Waals surface area contributed by atoms with E-state index >= 15 is 0 Å². The van der Waals surface area contributed by atoms with Gasteiger partial charge in [0.15, 0.2) is 5.43 Å². The van der Waals surface area contributed by atoms with Gasteiger partial charge < -0.3 is 15.9 Å². The molecule has 0 bridgehead atoms. The lowest BCUT2D eigenvalue weighted by atomic mass is 9.93. The molecule has 4 nitrogen and oxygen atoms in total. The summed E-state index contributed by atoms with van der Waals surface area (Å²) in [4.78, 5) is 15.5. The Balaban J connectivity index is 1.69. The monoisotopic (exact) mass is 451 g/mol. The van der Waals surface area contributed by atoms with Crippen molar-refractivity contribution in [1.82, 2.24) is 0 Å². The molecule has 4 N–H and O–H groups in total. The fourth-order valence-electron chi connectivity index (χ4n) is 3.52. The Labute approximate surface area is 189 Å². The molecule has 0 atom stereocenters. The molecular weight excluding hydrogens is 426 g/mol. The molecule has 0 radical (unpaired) electrons. The van der Waals surface area contributed by atoms with E-state index in [0.717, 1.165) is 30.1 Å². The van der Waals surface area contributed by atoms with Gasteiger partial charge >= 0.3 is 0 Å². The van der Waals surface area contributed by atoms with Crippen molar-refractivity contribution in [1.29, 1.82) is 0 Å². The van der Waals surface area contributed by atoms with Crippen LogP contribution in [0, 0.1) is 6.92 Å². The SMILES string of the molecule is Cc1cccc(Sc2ccc3sc4ccc(CCC(N)(CO)CO)cc4c(=O)c3c2)c1. The fourth-order valence-corrected chi connectivity index (χ4v) is 5.53. The maximum absolute atomic E-state index is 13.3. The minimum Gasteiger partial charge on any atom is -0.394 e. The number of aryl methyl sites for hydroxylation is 2. The number of hydrogen-bond acceptors (Lipinski definition) is 6. The summed E-state index contributed by atoms with van der Waals surface area (Å²) in [6, 6.07) is 20.3. The van der Waals surface area contributed by atoms with Gasteiger partial charge in [-0.25, -0.2) is 0 Å². The van der Waals surface area contributed by atoms with E-state index in [-0.39, 0.29) is 18.6 Å². The fraction of sp³-hybridized carbons (Fsp3) is 0.240. The van der Waals surface area contributed by atoms with Crippen LogP contribution in [0.1, 0.15) is 17.5 Å². The van der Waals surface area contributed by atoms with Crippen molar-refractivity contribution in [3.05, 3.63) is 82.0 Å². The zero-order chi connectivity index (χ0) is 22.0. The highest BCUT2D eigenvalue weighted by Crippen LogP contribution is 2.32. The summed E-state index contributed by atoms with van der Waals surface area (Å²) in [6.45, 7) is 1.51. The third-order valence-corrected chi connectivity index (χ3v) is 7.60. The van der Waals surface area contributed by atoms with E-state index in [0.29, 0.717) is 18.2 Å². The van der Waals surface area contributed by atoms with Gasteiger partial charge in [0.2, 0.25) is 0 Å². The number of aliphatic hydroxyl groups is 2. The highest BCUT2D eigenvalue weighted by molar-refractivity contribution is 7.99. The molecule has 0 aliphatic rings. The molecule has 0 aliphatic carbocycles. The number of hydrogen-bond donors (Lipinski definition) is 3. The van der Waals surface area contributed by atoms with Crippen molar-refractivity contribution in [2.24, 2.45) is 5.73 Å². The zero-order valence-electron chi connectivity index (χ0n) is 17.3. The number of aliphatic hydroxyl groups excluding tert-OH is 2. The molecule has 0 spiro atoms. The van der Waals surface area contributed by atoms with Crippen molar-refractivity contribution >= 4 is 43.3 Å². The highest BCUT2D eigenvalue weighted by Gasteiger charge is 2.22. The molecule has 0 saturated carbocycles. The third-order valence-electron chi connectivity index (χ3n) is 5.47. The van der Waals surface area contributed by atoms with Gasteiger partial charge in [-0.05, 0) is 67.8 Å². The van der Waals surface area contributed by atoms with Crippen LogP contribution in [0.3, 0.4) is 0 Å². The van der Waals surface area contributed by atoms with Crippen LogP contribution < -0.4 is 11.2 Å². The second kappa shape index (κ2) is 9.10. The first-order valence-electron chi connectivity index (χ1n) is 10.2. The Morgan fingerprint density at radius 2 is 1.61 bits per heavy atom. The maximum Gasteiger partial charge on any atom is 0.195 e. The lowest BCUT2D eigenvalue weighted by Crippen LogP contribution is -2.47. The van der Waals surface area contributed by atoms with E-state index in [1.807, 2.05) is 36.4 Å². The second-order valence-electron chi connectivity index (χ2n) is 8.02. The molecular formula is C25H25NO3S2. The highest BCUT2D eigenvalue weighted by atomic mass is 32.2. The van der Waals surface area contributed by atoms with Gasteiger partial charge in [-0.3, -0.25) is 4.79 Å².